The second kappa shape index (κ2) is 16.8. The van der Waals surface area contributed by atoms with Crippen LogP contribution in [0.2, 0.25) is 0 Å². The summed E-state index contributed by atoms with van der Waals surface area (Å²) in [5, 5.41) is 24.9. The van der Waals surface area contributed by atoms with E-state index in [2.05, 4.69) is 15.7 Å². The summed E-state index contributed by atoms with van der Waals surface area (Å²) in [5.41, 5.74) is 2.63. The van der Waals surface area contributed by atoms with Crippen LogP contribution >= 0.6 is 0 Å². The van der Waals surface area contributed by atoms with Gasteiger partial charge in [0.1, 0.15) is 5.69 Å². The van der Waals surface area contributed by atoms with Gasteiger partial charge in [-0.05, 0) is 137 Å². The number of amides is 2. The first-order valence-corrected chi connectivity index (χ1v) is 19.7. The Kier molecular flexibility index (Phi) is 12.5. The molecule has 5 aromatic rings. The van der Waals surface area contributed by atoms with Gasteiger partial charge in [-0.25, -0.2) is 32.4 Å². The number of aromatic nitrogens is 4. The predicted octanol–water partition coefficient (Wildman–Crippen LogP) is 5.90. The van der Waals surface area contributed by atoms with E-state index in [-0.39, 0.29) is 46.5 Å². The number of halogens is 3. The highest BCUT2D eigenvalue weighted by Gasteiger charge is 2.33. The minimum absolute atomic E-state index is 0. The molecule has 3 aromatic carbocycles. The molecule has 2 heterocycles. The molecule has 2 aromatic heterocycles. The monoisotopic (exact) mass is 819 g/mol. The second-order valence-corrected chi connectivity index (χ2v) is 15.7. The molecule has 18 heteroatoms. The van der Waals surface area contributed by atoms with Crippen LogP contribution in [-0.2, 0) is 27.4 Å². The van der Waals surface area contributed by atoms with Gasteiger partial charge in [-0.1, -0.05) is 6.07 Å². The molecular formula is C40H44F3N9O5S. The standard InChI is InChI=1S/C40H41F3N8O5S.H3N/c1-23-24(2)29(20-35(25(23)3)57(45,55)56)16-18-46-37(52)28-10-12-31(13-11-28)48-38(53)50-36(34-17-19-47-51(34)32-14-8-27(22-44)9-15-32)26(4)49(39(50)54)33-7-5-6-30(21-33)40(41,42)43;/h5-9,14-15,17,19-21,28,31H,10-13,16,18H2,1-4H3,(H,46,52)(H,48,53)(H2,45,55,56);1H3/t28-,31+;. The van der Waals surface area contributed by atoms with E-state index in [1.165, 1.54) is 29.9 Å². The number of hydrogen-bond donors (Lipinski definition) is 4. The van der Waals surface area contributed by atoms with E-state index in [1.807, 2.05) is 19.9 Å². The molecule has 0 atom stereocenters. The predicted molar refractivity (Wildman–Crippen MR) is 210 cm³/mol. The number of sulfonamides is 1. The van der Waals surface area contributed by atoms with Crippen molar-refractivity contribution in [1.29, 1.82) is 5.26 Å². The summed E-state index contributed by atoms with van der Waals surface area (Å²) in [6.45, 7) is 7.23. The Balaban J connectivity index is 0.00000641. The van der Waals surface area contributed by atoms with Crippen LogP contribution < -0.4 is 27.6 Å². The molecule has 0 saturated heterocycles. The maximum atomic E-state index is 14.2. The molecule has 6 rings (SSSR count). The van der Waals surface area contributed by atoms with E-state index in [9.17, 15) is 41.2 Å². The number of benzene rings is 3. The van der Waals surface area contributed by atoms with Crippen molar-refractivity contribution in [2.45, 2.75) is 76.9 Å². The van der Waals surface area contributed by atoms with Crippen LogP contribution in [0.3, 0.4) is 0 Å². The lowest BCUT2D eigenvalue weighted by Crippen LogP contribution is -2.45. The van der Waals surface area contributed by atoms with E-state index < -0.39 is 39.5 Å². The third-order valence-corrected chi connectivity index (χ3v) is 11.8. The molecule has 0 bridgehead atoms. The van der Waals surface area contributed by atoms with E-state index in [0.29, 0.717) is 54.6 Å². The van der Waals surface area contributed by atoms with E-state index in [1.54, 1.807) is 43.3 Å². The average Bonchev–Trinajstić information content (AvgIpc) is 3.75. The first-order chi connectivity index (χ1) is 26.9. The third kappa shape index (κ3) is 8.61. The zero-order valence-electron chi connectivity index (χ0n) is 32.4. The van der Waals surface area contributed by atoms with Crippen molar-refractivity contribution in [2.24, 2.45) is 11.1 Å². The van der Waals surface area contributed by atoms with Crippen LogP contribution in [0.15, 0.2) is 76.6 Å². The number of alkyl halides is 3. The summed E-state index contributed by atoms with van der Waals surface area (Å²) in [5.74, 6) is -0.514. The van der Waals surface area contributed by atoms with Crippen molar-refractivity contribution in [3.05, 3.63) is 116 Å². The van der Waals surface area contributed by atoms with Gasteiger partial charge in [-0.3, -0.25) is 9.36 Å². The minimum Gasteiger partial charge on any atom is -0.356 e. The maximum absolute atomic E-state index is 14.2. The molecule has 0 aliphatic heterocycles. The molecular weight excluding hydrogens is 776 g/mol. The number of nitrogens with zero attached hydrogens (tertiary/aromatic N) is 5. The van der Waals surface area contributed by atoms with E-state index in [0.717, 1.165) is 38.0 Å². The van der Waals surface area contributed by atoms with Crippen molar-refractivity contribution in [3.63, 3.8) is 0 Å². The number of nitriles is 1. The zero-order valence-corrected chi connectivity index (χ0v) is 33.2. The van der Waals surface area contributed by atoms with Crippen LogP contribution in [0.4, 0.5) is 18.0 Å². The van der Waals surface area contributed by atoms with Gasteiger partial charge in [-0.2, -0.15) is 23.5 Å². The highest BCUT2D eigenvalue weighted by Crippen LogP contribution is 2.33. The Morgan fingerprint density at radius 2 is 1.62 bits per heavy atom. The third-order valence-electron chi connectivity index (χ3n) is 10.8. The van der Waals surface area contributed by atoms with Gasteiger partial charge in [0.2, 0.25) is 15.9 Å². The topological polar surface area (TPSA) is 222 Å². The molecule has 306 valence electrons. The Morgan fingerprint density at radius 1 is 0.948 bits per heavy atom. The van der Waals surface area contributed by atoms with Gasteiger partial charge in [0.25, 0.3) is 0 Å². The zero-order chi connectivity index (χ0) is 41.4. The van der Waals surface area contributed by atoms with Crippen LogP contribution in [0.25, 0.3) is 22.8 Å². The number of carbonyl (C=O) groups is 2. The second-order valence-electron chi connectivity index (χ2n) is 14.2. The van der Waals surface area contributed by atoms with Gasteiger partial charge < -0.3 is 16.8 Å². The fourth-order valence-electron chi connectivity index (χ4n) is 7.43. The van der Waals surface area contributed by atoms with E-state index >= 15 is 0 Å². The molecule has 0 spiro atoms. The van der Waals surface area contributed by atoms with Crippen molar-refractivity contribution in [2.75, 3.05) is 6.54 Å². The van der Waals surface area contributed by atoms with Gasteiger partial charge >= 0.3 is 17.9 Å². The molecule has 0 radical (unpaired) electrons. The molecule has 1 aliphatic carbocycles. The summed E-state index contributed by atoms with van der Waals surface area (Å²) >= 11 is 0. The van der Waals surface area contributed by atoms with Gasteiger partial charge in [0, 0.05) is 18.5 Å². The van der Waals surface area contributed by atoms with Crippen LogP contribution in [0.1, 0.15) is 64.8 Å². The van der Waals surface area contributed by atoms with E-state index in [4.69, 9.17) is 5.14 Å². The molecule has 58 heavy (non-hydrogen) atoms. The normalized spacial score (nSPS) is 15.6. The largest absolute Gasteiger partial charge is 0.416 e. The smallest absolute Gasteiger partial charge is 0.356 e. The number of hydrogen-bond acceptors (Lipinski definition) is 8. The SMILES string of the molecule is Cc1c(CCNC(=O)[C@H]2CC[C@@H](NC(=O)n3c(-c4ccnn4-c4ccc(C#N)cc4)c(C)n(-c4cccc(C(F)(F)F)c4)c3=O)CC2)cc(S(N)(=O)=O)c(C)c1C.N. The summed E-state index contributed by atoms with van der Waals surface area (Å²) in [6.07, 6.45) is -1.12. The quantitative estimate of drug-likeness (QED) is 0.140. The lowest BCUT2D eigenvalue weighted by Gasteiger charge is -2.28. The van der Waals surface area contributed by atoms with Gasteiger partial charge in [0.15, 0.2) is 0 Å². The van der Waals surface area contributed by atoms with Gasteiger partial charge in [0.05, 0.1) is 51.1 Å². The number of carbonyl (C=O) groups excluding carboxylic acids is 2. The lowest BCUT2D eigenvalue weighted by atomic mass is 9.85. The average molecular weight is 820 g/mol. The fraction of sp³-hybridized carbons (Fsp3) is 0.325. The summed E-state index contributed by atoms with van der Waals surface area (Å²) in [6, 6.07) is 14.7. The Morgan fingerprint density at radius 3 is 2.24 bits per heavy atom. The van der Waals surface area contributed by atoms with Crippen molar-refractivity contribution < 1.29 is 31.2 Å². The minimum atomic E-state index is -4.68. The molecule has 14 nitrogen and oxygen atoms in total. The van der Waals surface area contributed by atoms with Crippen LogP contribution in [-0.4, -0.2) is 51.9 Å². The Hall–Kier alpha value is -6.03. The Labute approximate surface area is 333 Å². The lowest BCUT2D eigenvalue weighted by molar-refractivity contribution is -0.137. The molecule has 1 fully saturated rings. The highest BCUT2D eigenvalue weighted by atomic mass is 32.2. The van der Waals surface area contributed by atoms with Crippen molar-refractivity contribution >= 4 is 22.0 Å². The number of rotatable bonds is 9. The molecule has 0 unspecified atom stereocenters. The van der Waals surface area contributed by atoms with Crippen LogP contribution in [0, 0.1) is 44.9 Å². The Bertz CT molecular complexity index is 2580. The molecule has 7 N–H and O–H groups in total. The number of nitrogens with two attached hydrogens (primary N) is 1. The highest BCUT2D eigenvalue weighted by molar-refractivity contribution is 7.89. The first kappa shape index (κ1) is 43.1. The number of imidazole rings is 1. The maximum Gasteiger partial charge on any atom is 0.416 e. The van der Waals surface area contributed by atoms with Crippen molar-refractivity contribution in [1.82, 2.24) is 35.7 Å². The first-order valence-electron chi connectivity index (χ1n) is 18.2. The van der Waals surface area contributed by atoms with Gasteiger partial charge in [-0.15, -0.1) is 0 Å². The van der Waals surface area contributed by atoms with Crippen molar-refractivity contribution in [3.8, 4) is 28.8 Å². The summed E-state index contributed by atoms with van der Waals surface area (Å²) in [7, 11) is -3.93. The number of nitrogens with one attached hydrogen (secondary N) is 2. The summed E-state index contributed by atoms with van der Waals surface area (Å²) < 4.78 is 68.9. The molecule has 1 saturated carbocycles. The van der Waals surface area contributed by atoms with Crippen LogP contribution in [0.5, 0.6) is 0 Å². The molecule has 1 aliphatic rings. The molecule has 2 amide bonds. The number of primary sulfonamides is 1. The summed E-state index contributed by atoms with van der Waals surface area (Å²) in [4.78, 5) is 41.5. The fourth-order valence-corrected chi connectivity index (χ4v) is 8.31.